The molecule has 0 aliphatic heterocycles. The fraction of sp³-hybridized carbons (Fsp3) is 0.786. The molecule has 0 fully saturated rings. The van der Waals surface area contributed by atoms with Gasteiger partial charge in [-0.3, -0.25) is 0 Å². The fourth-order valence-electron chi connectivity index (χ4n) is 1.65. The Labute approximate surface area is 105 Å². The van der Waals surface area contributed by atoms with Crippen LogP contribution in [0.1, 0.15) is 58.1 Å². The molecule has 98 valence electrons. The summed E-state index contributed by atoms with van der Waals surface area (Å²) in [7, 11) is 0. The molecule has 3 heteroatoms. The number of rotatable bonds is 8. The maximum atomic E-state index is 5.77. The Bertz CT molecular complexity index is 307. The first-order chi connectivity index (χ1) is 8.15. The Hall–Kier alpha value is -0.830. The second kappa shape index (κ2) is 7.49. The van der Waals surface area contributed by atoms with Gasteiger partial charge >= 0.3 is 0 Å². The van der Waals surface area contributed by atoms with E-state index >= 15 is 0 Å². The molecule has 1 aromatic heterocycles. The van der Waals surface area contributed by atoms with Crippen LogP contribution in [-0.2, 0) is 6.42 Å². The summed E-state index contributed by atoms with van der Waals surface area (Å²) in [6, 6.07) is 0. The zero-order valence-corrected chi connectivity index (χ0v) is 11.6. The zero-order chi connectivity index (χ0) is 12.7. The smallest absolute Gasteiger partial charge is 0.194 e. The molecule has 0 saturated carbocycles. The number of nitrogens with one attached hydrogen (secondary N) is 1. The number of aromatic nitrogens is 1. The van der Waals surface area contributed by atoms with Crippen molar-refractivity contribution in [1.29, 1.82) is 0 Å². The number of aryl methyl sites for hydroxylation is 1. The van der Waals surface area contributed by atoms with Crippen LogP contribution in [0.5, 0.6) is 0 Å². The molecule has 17 heavy (non-hydrogen) atoms. The molecule has 0 spiro atoms. The fourth-order valence-corrected chi connectivity index (χ4v) is 1.65. The van der Waals surface area contributed by atoms with Crippen LogP contribution in [0.25, 0.3) is 0 Å². The monoisotopic (exact) mass is 238 g/mol. The lowest BCUT2D eigenvalue weighted by atomic mass is 9.96. The van der Waals surface area contributed by atoms with Crippen LogP contribution >= 0.6 is 0 Å². The summed E-state index contributed by atoms with van der Waals surface area (Å²) < 4.78 is 5.77. The third-order valence-corrected chi connectivity index (χ3v) is 3.19. The van der Waals surface area contributed by atoms with Crippen molar-refractivity contribution in [2.75, 3.05) is 13.1 Å². The molecule has 1 rings (SSSR count). The van der Waals surface area contributed by atoms with Crippen molar-refractivity contribution in [2.45, 2.75) is 52.9 Å². The lowest BCUT2D eigenvalue weighted by Crippen LogP contribution is -2.16. The lowest BCUT2D eigenvalue weighted by Gasteiger charge is -2.11. The Morgan fingerprint density at radius 3 is 2.71 bits per heavy atom. The van der Waals surface area contributed by atoms with E-state index in [1.807, 2.05) is 6.20 Å². The molecule has 0 aliphatic rings. The predicted molar refractivity (Wildman–Crippen MR) is 71.2 cm³/mol. The van der Waals surface area contributed by atoms with Gasteiger partial charge in [0, 0.05) is 12.3 Å². The number of hydrogen-bond acceptors (Lipinski definition) is 3. The van der Waals surface area contributed by atoms with E-state index in [0.29, 0.717) is 11.8 Å². The van der Waals surface area contributed by atoms with Gasteiger partial charge in [0.05, 0.1) is 6.20 Å². The molecule has 0 aromatic carbocycles. The second-order valence-electron chi connectivity index (χ2n) is 5.04. The van der Waals surface area contributed by atoms with Crippen LogP contribution in [0, 0.1) is 5.92 Å². The molecule has 1 atom stereocenters. The van der Waals surface area contributed by atoms with Crippen molar-refractivity contribution in [3.63, 3.8) is 0 Å². The van der Waals surface area contributed by atoms with Crippen molar-refractivity contribution in [2.24, 2.45) is 5.92 Å². The topological polar surface area (TPSA) is 38.1 Å². The Morgan fingerprint density at radius 1 is 1.29 bits per heavy atom. The first-order valence-corrected chi connectivity index (χ1v) is 6.80. The van der Waals surface area contributed by atoms with E-state index in [1.165, 1.54) is 6.42 Å². The summed E-state index contributed by atoms with van der Waals surface area (Å²) >= 11 is 0. The molecular weight excluding hydrogens is 212 g/mol. The van der Waals surface area contributed by atoms with E-state index in [-0.39, 0.29) is 0 Å². The summed E-state index contributed by atoms with van der Waals surface area (Å²) in [5, 5.41) is 3.38. The van der Waals surface area contributed by atoms with Crippen molar-refractivity contribution in [1.82, 2.24) is 10.3 Å². The van der Waals surface area contributed by atoms with E-state index in [9.17, 15) is 0 Å². The molecule has 3 nitrogen and oxygen atoms in total. The first kappa shape index (κ1) is 14.2. The summed E-state index contributed by atoms with van der Waals surface area (Å²) in [5.74, 6) is 2.96. The molecule has 1 aromatic rings. The molecular formula is C14H26N2O. The van der Waals surface area contributed by atoms with E-state index in [4.69, 9.17) is 4.42 Å². The van der Waals surface area contributed by atoms with Gasteiger partial charge in [-0.2, -0.15) is 0 Å². The van der Waals surface area contributed by atoms with Gasteiger partial charge in [-0.25, -0.2) is 4.98 Å². The van der Waals surface area contributed by atoms with Gasteiger partial charge in [0.15, 0.2) is 5.89 Å². The number of nitrogens with zero attached hydrogens (tertiary/aromatic N) is 1. The highest BCUT2D eigenvalue weighted by molar-refractivity contribution is 5.01. The number of oxazole rings is 1. The highest BCUT2D eigenvalue weighted by Gasteiger charge is 2.14. The molecule has 1 N–H and O–H groups in total. The Balaban J connectivity index is 2.31. The van der Waals surface area contributed by atoms with Gasteiger partial charge in [0.1, 0.15) is 5.76 Å². The highest BCUT2D eigenvalue weighted by Crippen LogP contribution is 2.24. The van der Waals surface area contributed by atoms with E-state index < -0.39 is 0 Å². The molecule has 0 amide bonds. The van der Waals surface area contributed by atoms with E-state index in [2.05, 4.69) is 38.0 Å². The van der Waals surface area contributed by atoms with Gasteiger partial charge in [-0.1, -0.05) is 27.7 Å². The third kappa shape index (κ3) is 4.90. The van der Waals surface area contributed by atoms with Crippen molar-refractivity contribution in [3.8, 4) is 0 Å². The van der Waals surface area contributed by atoms with Gasteiger partial charge in [-0.05, 0) is 31.8 Å². The highest BCUT2D eigenvalue weighted by atomic mass is 16.4. The van der Waals surface area contributed by atoms with Crippen LogP contribution < -0.4 is 5.32 Å². The first-order valence-electron chi connectivity index (χ1n) is 6.80. The summed E-state index contributed by atoms with van der Waals surface area (Å²) in [4.78, 5) is 4.34. The SMILES string of the molecule is CCCNCCCc1ncc(C(C)C(C)C)o1. The minimum atomic E-state index is 0.453. The van der Waals surface area contributed by atoms with Crippen LogP contribution in [0.3, 0.4) is 0 Å². The summed E-state index contributed by atoms with van der Waals surface area (Å²) in [6.07, 6.45) is 5.10. The van der Waals surface area contributed by atoms with Gasteiger partial charge in [0.25, 0.3) is 0 Å². The van der Waals surface area contributed by atoms with Gasteiger partial charge in [-0.15, -0.1) is 0 Å². The number of hydrogen-bond donors (Lipinski definition) is 1. The predicted octanol–water partition coefficient (Wildman–Crippen LogP) is 3.37. The van der Waals surface area contributed by atoms with Crippen molar-refractivity contribution < 1.29 is 4.42 Å². The second-order valence-corrected chi connectivity index (χ2v) is 5.04. The standard InChI is InChI=1S/C14H26N2O/c1-5-8-15-9-6-7-14-16-10-13(17-14)12(4)11(2)3/h10-12,15H,5-9H2,1-4H3. The zero-order valence-electron chi connectivity index (χ0n) is 11.6. The maximum absolute atomic E-state index is 5.77. The van der Waals surface area contributed by atoms with Crippen LogP contribution in [-0.4, -0.2) is 18.1 Å². The van der Waals surface area contributed by atoms with Gasteiger partial charge < -0.3 is 9.73 Å². The summed E-state index contributed by atoms with van der Waals surface area (Å²) in [6.45, 7) is 10.9. The quantitative estimate of drug-likeness (QED) is 0.706. The average molecular weight is 238 g/mol. The van der Waals surface area contributed by atoms with E-state index in [1.54, 1.807) is 0 Å². The minimum Gasteiger partial charge on any atom is -0.445 e. The molecule has 0 saturated heterocycles. The molecule has 0 radical (unpaired) electrons. The third-order valence-electron chi connectivity index (χ3n) is 3.19. The minimum absolute atomic E-state index is 0.453. The van der Waals surface area contributed by atoms with Crippen molar-refractivity contribution in [3.05, 3.63) is 17.8 Å². The van der Waals surface area contributed by atoms with Crippen LogP contribution in [0.4, 0.5) is 0 Å². The van der Waals surface area contributed by atoms with Crippen molar-refractivity contribution >= 4 is 0 Å². The molecule has 0 bridgehead atoms. The normalized spacial score (nSPS) is 13.2. The van der Waals surface area contributed by atoms with E-state index in [0.717, 1.165) is 37.6 Å². The lowest BCUT2D eigenvalue weighted by molar-refractivity contribution is 0.387. The van der Waals surface area contributed by atoms with Crippen LogP contribution in [0.2, 0.25) is 0 Å². The van der Waals surface area contributed by atoms with Crippen LogP contribution in [0.15, 0.2) is 10.6 Å². The molecule has 1 unspecified atom stereocenters. The van der Waals surface area contributed by atoms with Gasteiger partial charge in [0.2, 0.25) is 0 Å². The molecule has 0 aliphatic carbocycles. The Morgan fingerprint density at radius 2 is 2.06 bits per heavy atom. The summed E-state index contributed by atoms with van der Waals surface area (Å²) in [5.41, 5.74) is 0. The molecule has 1 heterocycles. The largest absolute Gasteiger partial charge is 0.445 e. The maximum Gasteiger partial charge on any atom is 0.194 e. The average Bonchev–Trinajstić information content (AvgIpc) is 2.76. The Kier molecular flexibility index (Phi) is 6.27.